The highest BCUT2D eigenvalue weighted by Crippen LogP contribution is 2.52. The van der Waals surface area contributed by atoms with E-state index in [4.69, 9.17) is 10.00 Å². The third-order valence-corrected chi connectivity index (χ3v) is 10.0. The molecule has 1 amide bonds. The van der Waals surface area contributed by atoms with Crippen molar-refractivity contribution in [1.82, 2.24) is 19.8 Å². The van der Waals surface area contributed by atoms with Crippen LogP contribution in [0.5, 0.6) is 0 Å². The Morgan fingerprint density at radius 2 is 1.83 bits per heavy atom. The van der Waals surface area contributed by atoms with Gasteiger partial charge in [0.25, 0.3) is 0 Å². The fourth-order valence-electron chi connectivity index (χ4n) is 8.01. The van der Waals surface area contributed by atoms with Gasteiger partial charge in [0.15, 0.2) is 0 Å². The van der Waals surface area contributed by atoms with E-state index in [2.05, 4.69) is 79.4 Å². The summed E-state index contributed by atoms with van der Waals surface area (Å²) in [5.74, 6) is 1.37. The number of carbonyl (C=O) groups excluding carboxylic acids is 1. The van der Waals surface area contributed by atoms with Crippen LogP contribution in [0, 0.1) is 29.1 Å². The second-order valence-electron chi connectivity index (χ2n) is 12.4. The van der Waals surface area contributed by atoms with Crippen LogP contribution in [0.1, 0.15) is 43.2 Å². The van der Waals surface area contributed by atoms with Crippen molar-refractivity contribution in [3.63, 3.8) is 0 Å². The number of rotatable bonds is 9. The van der Waals surface area contributed by atoms with Gasteiger partial charge in [0.05, 0.1) is 18.0 Å². The molecule has 0 spiro atoms. The molecule has 6 rings (SSSR count). The minimum Gasteiger partial charge on any atom is -0.446 e. The van der Waals surface area contributed by atoms with E-state index < -0.39 is 0 Å². The number of likely N-dealkylation sites (tertiary alicyclic amines) is 1. The molecular formula is C34H42N6O2. The van der Waals surface area contributed by atoms with Crippen molar-refractivity contribution in [2.75, 3.05) is 44.7 Å². The summed E-state index contributed by atoms with van der Waals surface area (Å²) in [5.41, 5.74) is 3.11. The van der Waals surface area contributed by atoms with Gasteiger partial charge in [-0.25, -0.2) is 9.78 Å². The van der Waals surface area contributed by atoms with Gasteiger partial charge in [-0.2, -0.15) is 5.26 Å². The van der Waals surface area contributed by atoms with E-state index in [0.29, 0.717) is 17.4 Å². The molecule has 3 aromatic rings. The average Bonchev–Trinajstić information content (AvgIpc) is 3.71. The third kappa shape index (κ3) is 5.76. The molecule has 1 aromatic heterocycles. The molecule has 42 heavy (non-hydrogen) atoms. The lowest BCUT2D eigenvalue weighted by molar-refractivity contribution is 0.00204. The van der Waals surface area contributed by atoms with E-state index in [1.807, 2.05) is 24.7 Å². The number of nitrogens with zero attached hydrogens (tertiary/aromatic N) is 5. The number of hydrogen-bond acceptors (Lipinski definition) is 6. The summed E-state index contributed by atoms with van der Waals surface area (Å²) < 4.78 is 8.30. The van der Waals surface area contributed by atoms with E-state index in [-0.39, 0.29) is 23.5 Å². The molecule has 8 nitrogen and oxygen atoms in total. The number of ether oxygens (including phenoxy) is 1. The summed E-state index contributed by atoms with van der Waals surface area (Å²) in [4.78, 5) is 21.9. The van der Waals surface area contributed by atoms with Gasteiger partial charge in [-0.3, -0.25) is 0 Å². The number of piperidine rings is 1. The van der Waals surface area contributed by atoms with Gasteiger partial charge in [-0.05, 0) is 80.9 Å². The highest BCUT2D eigenvalue weighted by atomic mass is 16.6. The standard InChI is InChI=1S/C34H42N6O2/c1-36-33(41)42-32-9-5-8-31(32)34(24-39-19-16-37-25-39,28-6-3-2-4-7-28)29-14-17-38(18-15-29)21-27-22-40(23-27)30-12-10-26(20-35)11-13-30/h2-4,6-7,10-13,16,19,25,27,29,31-32H,5,8-9,14-15,17-18,21-24H2,1H3,(H,36,41)/t31-,32-,34?/m1/s1. The molecule has 0 bridgehead atoms. The zero-order valence-electron chi connectivity index (χ0n) is 24.6. The number of anilines is 1. The maximum absolute atomic E-state index is 12.4. The first-order valence-electron chi connectivity index (χ1n) is 15.5. The third-order valence-electron chi connectivity index (χ3n) is 10.0. The molecule has 1 unspecified atom stereocenters. The van der Waals surface area contributed by atoms with Gasteiger partial charge < -0.3 is 24.4 Å². The largest absolute Gasteiger partial charge is 0.446 e. The van der Waals surface area contributed by atoms with Gasteiger partial charge in [0.2, 0.25) is 0 Å². The van der Waals surface area contributed by atoms with Crippen molar-refractivity contribution in [3.8, 4) is 6.07 Å². The zero-order chi connectivity index (χ0) is 28.9. The minimum absolute atomic E-state index is 0.102. The Kier molecular flexibility index (Phi) is 8.48. The molecule has 3 aliphatic rings. The molecule has 1 N–H and O–H groups in total. The van der Waals surface area contributed by atoms with Gasteiger partial charge in [0.1, 0.15) is 6.10 Å². The lowest BCUT2D eigenvalue weighted by atomic mass is 9.58. The maximum atomic E-state index is 12.4. The molecule has 2 aliphatic heterocycles. The van der Waals surface area contributed by atoms with E-state index >= 15 is 0 Å². The molecule has 3 fully saturated rings. The molecule has 3 heterocycles. The Labute approximate surface area is 249 Å². The number of nitriles is 1. The quantitative estimate of drug-likeness (QED) is 0.390. The number of benzene rings is 2. The van der Waals surface area contributed by atoms with Gasteiger partial charge in [-0.1, -0.05) is 30.3 Å². The topological polar surface area (TPSA) is 86.4 Å². The van der Waals surface area contributed by atoms with Crippen LogP contribution in [0.3, 0.4) is 0 Å². The summed E-state index contributed by atoms with van der Waals surface area (Å²) in [5, 5.41) is 11.8. The normalized spacial score (nSPS) is 23.1. The summed E-state index contributed by atoms with van der Waals surface area (Å²) >= 11 is 0. The van der Waals surface area contributed by atoms with Crippen LogP contribution >= 0.6 is 0 Å². The SMILES string of the molecule is CNC(=O)O[C@@H]1CCC[C@H]1C(Cn1ccnc1)(c1ccccc1)C1CCN(CC2CN(c3ccc(C#N)cc3)C2)CC1. The van der Waals surface area contributed by atoms with Crippen LogP contribution in [0.4, 0.5) is 10.5 Å². The van der Waals surface area contributed by atoms with Crippen molar-refractivity contribution in [2.24, 2.45) is 17.8 Å². The van der Waals surface area contributed by atoms with Crippen molar-refractivity contribution in [3.05, 3.63) is 84.4 Å². The van der Waals surface area contributed by atoms with E-state index in [1.165, 1.54) is 11.3 Å². The van der Waals surface area contributed by atoms with Crippen LogP contribution in [0.25, 0.3) is 0 Å². The van der Waals surface area contributed by atoms with Gasteiger partial charge in [-0.15, -0.1) is 0 Å². The molecular weight excluding hydrogens is 524 g/mol. The first-order chi connectivity index (χ1) is 20.6. The maximum Gasteiger partial charge on any atom is 0.407 e. The fourth-order valence-corrected chi connectivity index (χ4v) is 8.01. The molecule has 0 radical (unpaired) electrons. The minimum atomic E-state index is -0.332. The van der Waals surface area contributed by atoms with E-state index in [0.717, 1.165) is 71.4 Å². The van der Waals surface area contributed by atoms with Crippen LogP contribution in [-0.2, 0) is 16.7 Å². The zero-order valence-corrected chi connectivity index (χ0v) is 24.6. The van der Waals surface area contributed by atoms with E-state index in [1.54, 1.807) is 7.05 Å². The highest BCUT2D eigenvalue weighted by Gasteiger charge is 2.53. The Balaban J connectivity index is 1.18. The smallest absolute Gasteiger partial charge is 0.407 e. The Morgan fingerprint density at radius 1 is 1.07 bits per heavy atom. The van der Waals surface area contributed by atoms with Gasteiger partial charge >= 0.3 is 6.09 Å². The number of nitrogens with one attached hydrogen (secondary N) is 1. The van der Waals surface area contributed by atoms with Gasteiger partial charge in [0, 0.05) is 68.6 Å². The fraction of sp³-hybridized carbons (Fsp3) is 0.500. The molecule has 1 aliphatic carbocycles. The summed E-state index contributed by atoms with van der Waals surface area (Å²) in [6.45, 7) is 6.28. The predicted molar refractivity (Wildman–Crippen MR) is 163 cm³/mol. The van der Waals surface area contributed by atoms with Crippen LogP contribution in [-0.4, -0.2) is 66.4 Å². The molecule has 1 saturated carbocycles. The number of aromatic nitrogens is 2. The van der Waals surface area contributed by atoms with Crippen LogP contribution in [0.15, 0.2) is 73.3 Å². The molecule has 2 saturated heterocycles. The Hall–Kier alpha value is -3.83. The summed E-state index contributed by atoms with van der Waals surface area (Å²) in [6.07, 6.45) is 10.7. The number of amides is 1. The molecule has 2 aromatic carbocycles. The first kappa shape index (κ1) is 28.3. The second kappa shape index (κ2) is 12.6. The number of carbonyl (C=O) groups is 1. The lowest BCUT2D eigenvalue weighted by Crippen LogP contribution is -2.55. The van der Waals surface area contributed by atoms with Crippen molar-refractivity contribution >= 4 is 11.8 Å². The Morgan fingerprint density at radius 3 is 2.50 bits per heavy atom. The number of imidazole rings is 1. The molecule has 8 heteroatoms. The second-order valence-corrected chi connectivity index (χ2v) is 12.4. The summed E-state index contributed by atoms with van der Waals surface area (Å²) in [6, 6.07) is 21.2. The summed E-state index contributed by atoms with van der Waals surface area (Å²) in [7, 11) is 1.64. The lowest BCUT2D eigenvalue weighted by Gasteiger charge is -2.51. The van der Waals surface area contributed by atoms with Crippen LogP contribution in [0.2, 0.25) is 0 Å². The number of hydrogen-bond donors (Lipinski definition) is 1. The molecule has 220 valence electrons. The molecule has 3 atom stereocenters. The number of alkyl carbamates (subject to hydrolysis) is 1. The van der Waals surface area contributed by atoms with Crippen molar-refractivity contribution in [2.45, 2.75) is 50.2 Å². The van der Waals surface area contributed by atoms with Crippen molar-refractivity contribution < 1.29 is 9.53 Å². The Bertz CT molecular complexity index is 1340. The first-order valence-corrected chi connectivity index (χ1v) is 15.5. The highest BCUT2D eigenvalue weighted by molar-refractivity contribution is 5.67. The van der Waals surface area contributed by atoms with Crippen LogP contribution < -0.4 is 10.2 Å². The van der Waals surface area contributed by atoms with Crippen molar-refractivity contribution in [1.29, 1.82) is 5.26 Å². The monoisotopic (exact) mass is 566 g/mol. The average molecular weight is 567 g/mol. The predicted octanol–water partition coefficient (Wildman–Crippen LogP) is 5.07. The van der Waals surface area contributed by atoms with E-state index in [9.17, 15) is 4.79 Å².